The summed E-state index contributed by atoms with van der Waals surface area (Å²) in [5.41, 5.74) is 1.07. The SMILES string of the molecule is Cc1csc(NCCCCCO)n1. The van der Waals surface area contributed by atoms with E-state index in [9.17, 15) is 0 Å². The summed E-state index contributed by atoms with van der Waals surface area (Å²) in [6.07, 6.45) is 3.08. The number of unbranched alkanes of at least 4 members (excludes halogenated alkanes) is 2. The molecule has 1 aromatic rings. The van der Waals surface area contributed by atoms with Crippen LogP contribution in [0.3, 0.4) is 0 Å². The molecule has 0 aliphatic carbocycles. The number of rotatable bonds is 6. The first-order chi connectivity index (χ1) is 6.33. The minimum atomic E-state index is 0.302. The molecule has 0 amide bonds. The van der Waals surface area contributed by atoms with E-state index in [1.165, 1.54) is 0 Å². The van der Waals surface area contributed by atoms with E-state index in [1.807, 2.05) is 12.3 Å². The molecule has 0 aromatic carbocycles. The fourth-order valence-corrected chi connectivity index (χ4v) is 1.76. The van der Waals surface area contributed by atoms with Crippen molar-refractivity contribution in [2.24, 2.45) is 0 Å². The van der Waals surface area contributed by atoms with Crippen LogP contribution < -0.4 is 5.32 Å². The first kappa shape index (κ1) is 10.5. The Hall–Kier alpha value is -0.610. The molecule has 0 aliphatic rings. The Morgan fingerprint density at radius 1 is 1.46 bits per heavy atom. The molecule has 0 bridgehead atoms. The number of anilines is 1. The minimum Gasteiger partial charge on any atom is -0.396 e. The van der Waals surface area contributed by atoms with Gasteiger partial charge in [0.15, 0.2) is 5.13 Å². The number of hydrogen-bond donors (Lipinski definition) is 2. The molecule has 0 atom stereocenters. The lowest BCUT2D eigenvalue weighted by Gasteiger charge is -2.00. The van der Waals surface area contributed by atoms with Gasteiger partial charge >= 0.3 is 0 Å². The van der Waals surface area contributed by atoms with Crippen molar-refractivity contribution in [3.63, 3.8) is 0 Å². The van der Waals surface area contributed by atoms with Gasteiger partial charge in [0.1, 0.15) is 0 Å². The Labute approximate surface area is 82.8 Å². The van der Waals surface area contributed by atoms with Crippen molar-refractivity contribution in [3.8, 4) is 0 Å². The number of hydrogen-bond acceptors (Lipinski definition) is 4. The smallest absolute Gasteiger partial charge is 0.182 e. The van der Waals surface area contributed by atoms with Crippen LogP contribution in [0.15, 0.2) is 5.38 Å². The van der Waals surface area contributed by atoms with Gasteiger partial charge in [0.05, 0.1) is 5.69 Å². The molecule has 74 valence electrons. The van der Waals surface area contributed by atoms with Crippen molar-refractivity contribution >= 4 is 16.5 Å². The van der Waals surface area contributed by atoms with Crippen LogP contribution in [0.4, 0.5) is 5.13 Å². The average molecular weight is 200 g/mol. The van der Waals surface area contributed by atoms with Crippen molar-refractivity contribution in [3.05, 3.63) is 11.1 Å². The van der Waals surface area contributed by atoms with Crippen LogP contribution in [0.2, 0.25) is 0 Å². The van der Waals surface area contributed by atoms with Crippen LogP contribution >= 0.6 is 11.3 Å². The third kappa shape index (κ3) is 4.24. The molecule has 1 aromatic heterocycles. The second kappa shape index (κ2) is 5.94. The van der Waals surface area contributed by atoms with Gasteiger partial charge in [0.25, 0.3) is 0 Å². The van der Waals surface area contributed by atoms with E-state index >= 15 is 0 Å². The van der Waals surface area contributed by atoms with E-state index in [0.717, 1.165) is 36.6 Å². The second-order valence-corrected chi connectivity index (χ2v) is 3.86. The summed E-state index contributed by atoms with van der Waals surface area (Å²) in [5.74, 6) is 0. The van der Waals surface area contributed by atoms with Crippen LogP contribution in [-0.4, -0.2) is 23.2 Å². The first-order valence-electron chi connectivity index (χ1n) is 4.60. The van der Waals surface area contributed by atoms with Crippen LogP contribution in [0.25, 0.3) is 0 Å². The zero-order valence-corrected chi connectivity index (χ0v) is 8.73. The molecule has 0 radical (unpaired) electrons. The molecular formula is C9H16N2OS. The van der Waals surface area contributed by atoms with E-state index in [2.05, 4.69) is 10.3 Å². The molecule has 0 unspecified atom stereocenters. The van der Waals surface area contributed by atoms with Crippen molar-refractivity contribution in [1.29, 1.82) is 0 Å². The summed E-state index contributed by atoms with van der Waals surface area (Å²) in [6.45, 7) is 3.25. The topological polar surface area (TPSA) is 45.1 Å². The molecule has 13 heavy (non-hydrogen) atoms. The molecule has 1 heterocycles. The van der Waals surface area contributed by atoms with Gasteiger partial charge in [-0.3, -0.25) is 0 Å². The van der Waals surface area contributed by atoms with E-state index in [4.69, 9.17) is 5.11 Å². The predicted octanol–water partition coefficient (Wildman–Crippen LogP) is 2.03. The highest BCUT2D eigenvalue weighted by Crippen LogP contribution is 2.14. The Balaban J connectivity index is 2.06. The summed E-state index contributed by atoms with van der Waals surface area (Å²) >= 11 is 1.64. The number of thiazole rings is 1. The highest BCUT2D eigenvalue weighted by molar-refractivity contribution is 7.13. The fraction of sp³-hybridized carbons (Fsp3) is 0.667. The number of aryl methyl sites for hydroxylation is 1. The highest BCUT2D eigenvalue weighted by atomic mass is 32.1. The lowest BCUT2D eigenvalue weighted by Crippen LogP contribution is -2.01. The standard InChI is InChI=1S/C9H16N2OS/c1-8-7-13-9(11-8)10-5-3-2-4-6-12/h7,12H,2-6H2,1H3,(H,10,11). The molecule has 4 heteroatoms. The molecule has 0 saturated carbocycles. The molecule has 1 rings (SSSR count). The average Bonchev–Trinajstić information content (AvgIpc) is 2.51. The van der Waals surface area contributed by atoms with Crippen molar-refractivity contribution in [2.75, 3.05) is 18.5 Å². The summed E-state index contributed by atoms with van der Waals surface area (Å²) < 4.78 is 0. The first-order valence-corrected chi connectivity index (χ1v) is 5.48. The van der Waals surface area contributed by atoms with Gasteiger partial charge in [0.2, 0.25) is 0 Å². The van der Waals surface area contributed by atoms with Gasteiger partial charge < -0.3 is 10.4 Å². The third-order valence-electron chi connectivity index (χ3n) is 1.73. The van der Waals surface area contributed by atoms with Crippen LogP contribution in [0.1, 0.15) is 25.0 Å². The second-order valence-electron chi connectivity index (χ2n) is 3.01. The van der Waals surface area contributed by atoms with Gasteiger partial charge in [-0.15, -0.1) is 11.3 Å². The van der Waals surface area contributed by atoms with Gasteiger partial charge in [-0.1, -0.05) is 0 Å². The summed E-state index contributed by atoms with van der Waals surface area (Å²) in [5, 5.41) is 14.8. The molecule has 0 aliphatic heterocycles. The van der Waals surface area contributed by atoms with Crippen molar-refractivity contribution < 1.29 is 5.11 Å². The largest absolute Gasteiger partial charge is 0.396 e. The molecule has 2 N–H and O–H groups in total. The summed E-state index contributed by atoms with van der Waals surface area (Å²) in [7, 11) is 0. The Bertz CT molecular complexity index is 237. The van der Waals surface area contributed by atoms with Crippen molar-refractivity contribution in [1.82, 2.24) is 4.98 Å². The van der Waals surface area contributed by atoms with Gasteiger partial charge in [0, 0.05) is 18.5 Å². The number of aromatic nitrogens is 1. The summed E-state index contributed by atoms with van der Waals surface area (Å²) in [6, 6.07) is 0. The maximum atomic E-state index is 8.56. The predicted molar refractivity (Wildman–Crippen MR) is 56.3 cm³/mol. The maximum absolute atomic E-state index is 8.56. The third-order valence-corrected chi connectivity index (χ3v) is 2.65. The van der Waals surface area contributed by atoms with Crippen LogP contribution in [-0.2, 0) is 0 Å². The van der Waals surface area contributed by atoms with E-state index in [-0.39, 0.29) is 0 Å². The van der Waals surface area contributed by atoms with Gasteiger partial charge in [-0.05, 0) is 26.2 Å². The lowest BCUT2D eigenvalue weighted by molar-refractivity contribution is 0.283. The summed E-state index contributed by atoms with van der Waals surface area (Å²) in [4.78, 5) is 4.29. The Morgan fingerprint density at radius 2 is 2.31 bits per heavy atom. The molecule has 0 fully saturated rings. The monoisotopic (exact) mass is 200 g/mol. The molecular weight excluding hydrogens is 184 g/mol. The number of aliphatic hydroxyl groups excluding tert-OH is 1. The molecule has 3 nitrogen and oxygen atoms in total. The number of nitrogens with one attached hydrogen (secondary N) is 1. The van der Waals surface area contributed by atoms with Gasteiger partial charge in [-0.2, -0.15) is 0 Å². The molecule has 0 saturated heterocycles. The zero-order chi connectivity index (χ0) is 9.52. The minimum absolute atomic E-state index is 0.302. The van der Waals surface area contributed by atoms with Crippen molar-refractivity contribution in [2.45, 2.75) is 26.2 Å². The number of nitrogens with zero attached hydrogens (tertiary/aromatic N) is 1. The quantitative estimate of drug-likeness (QED) is 0.691. The normalized spacial score (nSPS) is 10.3. The lowest BCUT2D eigenvalue weighted by atomic mass is 10.2. The van der Waals surface area contributed by atoms with E-state index in [0.29, 0.717) is 6.61 Å². The maximum Gasteiger partial charge on any atom is 0.182 e. The Kier molecular flexibility index (Phi) is 4.78. The number of aliphatic hydroxyl groups is 1. The Morgan fingerprint density at radius 3 is 2.92 bits per heavy atom. The highest BCUT2D eigenvalue weighted by Gasteiger charge is 1.95. The van der Waals surface area contributed by atoms with Gasteiger partial charge in [-0.25, -0.2) is 4.98 Å². The van der Waals surface area contributed by atoms with Crippen LogP contribution in [0.5, 0.6) is 0 Å². The fourth-order valence-electron chi connectivity index (χ4n) is 1.04. The van der Waals surface area contributed by atoms with Crippen LogP contribution in [0, 0.1) is 6.92 Å². The molecule has 0 spiro atoms. The van der Waals surface area contributed by atoms with E-state index in [1.54, 1.807) is 11.3 Å². The van der Waals surface area contributed by atoms with E-state index < -0.39 is 0 Å². The zero-order valence-electron chi connectivity index (χ0n) is 7.92.